The summed E-state index contributed by atoms with van der Waals surface area (Å²) < 4.78 is 7.66. The first kappa shape index (κ1) is 22.8. The van der Waals surface area contributed by atoms with Crippen LogP contribution in [-0.2, 0) is 11.3 Å². The summed E-state index contributed by atoms with van der Waals surface area (Å²) in [6, 6.07) is 0. The molecule has 2 aromatic heterocycles. The zero-order valence-corrected chi connectivity index (χ0v) is 20.4. The van der Waals surface area contributed by atoms with Gasteiger partial charge in [0.1, 0.15) is 0 Å². The van der Waals surface area contributed by atoms with Gasteiger partial charge in [0.15, 0.2) is 10.9 Å². The molecule has 0 spiro atoms. The maximum atomic E-state index is 5.60. The zero-order valence-electron chi connectivity index (χ0n) is 17.2. The molecule has 2 N–H and O–H groups in total. The lowest BCUT2D eigenvalue weighted by Gasteiger charge is -2.48. The van der Waals surface area contributed by atoms with Crippen LogP contribution < -0.4 is 10.6 Å². The quantitative estimate of drug-likeness (QED) is 0.340. The number of aliphatic imine (C=N–C) groups is 1. The summed E-state index contributed by atoms with van der Waals surface area (Å²) in [4.78, 5) is 13.1. The van der Waals surface area contributed by atoms with Crippen LogP contribution in [0.2, 0.25) is 0 Å². The first-order valence-corrected chi connectivity index (χ1v) is 11.4. The average Bonchev–Trinajstić information content (AvgIpc) is 3.33. The number of guanidine groups is 1. The van der Waals surface area contributed by atoms with Gasteiger partial charge in [0.25, 0.3) is 0 Å². The first-order chi connectivity index (χ1) is 13.8. The van der Waals surface area contributed by atoms with Crippen molar-refractivity contribution in [2.45, 2.75) is 51.1 Å². The summed E-state index contributed by atoms with van der Waals surface area (Å²) in [5.41, 5.74) is 1.24. The molecule has 1 saturated heterocycles. The number of morpholine rings is 1. The molecule has 2 aromatic rings. The topological polar surface area (TPSA) is 66.2 Å². The smallest absolute Gasteiger partial charge is 0.193 e. The SMILES string of the molecule is CCNC(=NCc1cn2ccsc2n1)NCC1(N2CCOCC2)CCCCC1.I. The minimum absolute atomic E-state index is 0. The van der Waals surface area contributed by atoms with Gasteiger partial charge < -0.3 is 15.4 Å². The summed E-state index contributed by atoms with van der Waals surface area (Å²) in [6.07, 6.45) is 10.6. The van der Waals surface area contributed by atoms with Gasteiger partial charge in [0.2, 0.25) is 0 Å². The number of nitrogens with zero attached hydrogens (tertiary/aromatic N) is 4. The number of fused-ring (bicyclic) bond motifs is 1. The molecule has 2 fully saturated rings. The Morgan fingerprint density at radius 1 is 1.24 bits per heavy atom. The number of hydrogen-bond acceptors (Lipinski definition) is 5. The van der Waals surface area contributed by atoms with Crippen molar-refractivity contribution >= 4 is 46.2 Å². The van der Waals surface area contributed by atoms with Crippen LogP contribution in [0.15, 0.2) is 22.8 Å². The Morgan fingerprint density at radius 3 is 2.76 bits per heavy atom. The van der Waals surface area contributed by atoms with Crippen LogP contribution in [0.5, 0.6) is 0 Å². The number of thiazole rings is 1. The molecule has 4 rings (SSSR count). The molecule has 9 heteroatoms. The van der Waals surface area contributed by atoms with Crippen LogP contribution in [0.25, 0.3) is 4.96 Å². The van der Waals surface area contributed by atoms with Crippen LogP contribution in [0.3, 0.4) is 0 Å². The predicted octanol–water partition coefficient (Wildman–Crippen LogP) is 3.10. The van der Waals surface area contributed by atoms with Crippen molar-refractivity contribution in [2.75, 3.05) is 39.4 Å². The molecule has 0 atom stereocenters. The fraction of sp³-hybridized carbons (Fsp3) is 0.700. The van der Waals surface area contributed by atoms with Crippen LogP contribution in [0.4, 0.5) is 0 Å². The number of halogens is 1. The van der Waals surface area contributed by atoms with Gasteiger partial charge in [-0.15, -0.1) is 35.3 Å². The third-order valence-electron chi connectivity index (χ3n) is 5.94. The van der Waals surface area contributed by atoms with Crippen molar-refractivity contribution in [3.8, 4) is 0 Å². The Kier molecular flexibility index (Phi) is 8.57. The Bertz CT molecular complexity index is 750. The van der Waals surface area contributed by atoms with Crippen LogP contribution >= 0.6 is 35.3 Å². The molecule has 0 radical (unpaired) electrons. The average molecular weight is 532 g/mol. The molecule has 3 heterocycles. The van der Waals surface area contributed by atoms with E-state index in [-0.39, 0.29) is 29.5 Å². The maximum Gasteiger partial charge on any atom is 0.193 e. The molecule has 0 aromatic carbocycles. The van der Waals surface area contributed by atoms with E-state index in [4.69, 9.17) is 9.73 Å². The number of aromatic nitrogens is 2. The van der Waals surface area contributed by atoms with E-state index in [1.807, 2.05) is 6.20 Å². The summed E-state index contributed by atoms with van der Waals surface area (Å²) in [5.74, 6) is 0.886. The molecule has 7 nitrogen and oxygen atoms in total. The van der Waals surface area contributed by atoms with Crippen molar-refractivity contribution in [1.82, 2.24) is 24.9 Å². The second-order valence-corrected chi connectivity index (χ2v) is 8.63. The van der Waals surface area contributed by atoms with Gasteiger partial charge in [-0.3, -0.25) is 9.30 Å². The summed E-state index contributed by atoms with van der Waals surface area (Å²) in [7, 11) is 0. The fourth-order valence-corrected chi connectivity index (χ4v) is 5.17. The molecule has 1 aliphatic carbocycles. The lowest BCUT2D eigenvalue weighted by molar-refractivity contribution is -0.0352. The molecule has 1 aliphatic heterocycles. The molecule has 0 amide bonds. The van der Waals surface area contributed by atoms with E-state index in [1.54, 1.807) is 11.3 Å². The lowest BCUT2D eigenvalue weighted by Crippen LogP contribution is -2.60. The van der Waals surface area contributed by atoms with Crippen molar-refractivity contribution in [1.29, 1.82) is 0 Å². The monoisotopic (exact) mass is 532 g/mol. The summed E-state index contributed by atoms with van der Waals surface area (Å²) >= 11 is 1.65. The van der Waals surface area contributed by atoms with E-state index < -0.39 is 0 Å². The third kappa shape index (κ3) is 5.62. The standard InChI is InChI=1S/C20H32N6OS.HI/c1-2-21-18(22-14-17-15-25-10-13-28-19(25)24-17)23-16-20(6-4-3-5-7-20)26-8-11-27-12-9-26;/h10,13,15H,2-9,11-12,14,16H2,1H3,(H2,21,22,23);1H. The summed E-state index contributed by atoms with van der Waals surface area (Å²) in [5, 5.41) is 9.11. The van der Waals surface area contributed by atoms with Gasteiger partial charge in [0.05, 0.1) is 25.5 Å². The Hall–Kier alpha value is -0.910. The molecule has 0 unspecified atom stereocenters. The highest BCUT2D eigenvalue weighted by atomic mass is 127. The maximum absolute atomic E-state index is 5.60. The molecule has 2 aliphatic rings. The first-order valence-electron chi connectivity index (χ1n) is 10.6. The van der Waals surface area contributed by atoms with Crippen molar-refractivity contribution < 1.29 is 4.74 Å². The molecular formula is C20H33IN6OS. The normalized spacial score (nSPS) is 20.4. The number of ether oxygens (including phenoxy) is 1. The minimum atomic E-state index is 0. The van der Waals surface area contributed by atoms with Crippen LogP contribution in [0.1, 0.15) is 44.7 Å². The number of nitrogens with one attached hydrogen (secondary N) is 2. The zero-order chi connectivity index (χ0) is 19.2. The fourth-order valence-electron chi connectivity index (χ4n) is 4.45. The van der Waals surface area contributed by atoms with Gasteiger partial charge in [-0.05, 0) is 19.8 Å². The van der Waals surface area contributed by atoms with E-state index in [9.17, 15) is 0 Å². The van der Waals surface area contributed by atoms with E-state index in [2.05, 4.69) is 43.4 Å². The van der Waals surface area contributed by atoms with Gasteiger partial charge in [0, 0.05) is 49.5 Å². The van der Waals surface area contributed by atoms with E-state index in [1.165, 1.54) is 32.1 Å². The second-order valence-electron chi connectivity index (χ2n) is 7.76. The predicted molar refractivity (Wildman–Crippen MR) is 130 cm³/mol. The van der Waals surface area contributed by atoms with Gasteiger partial charge >= 0.3 is 0 Å². The number of hydrogen-bond donors (Lipinski definition) is 2. The lowest BCUT2D eigenvalue weighted by atomic mass is 9.80. The second kappa shape index (κ2) is 10.9. The Labute approximate surface area is 194 Å². The van der Waals surface area contributed by atoms with Crippen molar-refractivity contribution in [3.05, 3.63) is 23.5 Å². The molecule has 29 heavy (non-hydrogen) atoms. The van der Waals surface area contributed by atoms with Crippen LogP contribution in [-0.4, -0.2) is 65.2 Å². The van der Waals surface area contributed by atoms with Gasteiger partial charge in [-0.2, -0.15) is 0 Å². The minimum Gasteiger partial charge on any atom is -0.379 e. The number of rotatable bonds is 6. The molecule has 162 valence electrons. The van der Waals surface area contributed by atoms with Crippen molar-refractivity contribution in [2.24, 2.45) is 4.99 Å². The number of imidazole rings is 1. The summed E-state index contributed by atoms with van der Waals surface area (Å²) in [6.45, 7) is 8.30. The van der Waals surface area contributed by atoms with E-state index >= 15 is 0 Å². The highest BCUT2D eigenvalue weighted by Gasteiger charge is 2.38. The molecule has 1 saturated carbocycles. The van der Waals surface area contributed by atoms with Gasteiger partial charge in [-0.1, -0.05) is 19.3 Å². The molecular weight excluding hydrogens is 499 g/mol. The Balaban J connectivity index is 0.00000240. The van der Waals surface area contributed by atoms with Crippen molar-refractivity contribution in [3.63, 3.8) is 0 Å². The molecule has 0 bridgehead atoms. The van der Waals surface area contributed by atoms with E-state index in [0.29, 0.717) is 6.54 Å². The highest BCUT2D eigenvalue weighted by molar-refractivity contribution is 14.0. The third-order valence-corrected chi connectivity index (χ3v) is 6.71. The highest BCUT2D eigenvalue weighted by Crippen LogP contribution is 2.33. The largest absolute Gasteiger partial charge is 0.379 e. The van der Waals surface area contributed by atoms with Gasteiger partial charge in [-0.25, -0.2) is 9.98 Å². The Morgan fingerprint density at radius 2 is 2.03 bits per heavy atom. The van der Waals surface area contributed by atoms with Crippen LogP contribution in [0, 0.1) is 0 Å². The van der Waals surface area contributed by atoms with E-state index in [0.717, 1.165) is 56.0 Å².